The van der Waals surface area contributed by atoms with Gasteiger partial charge in [0.05, 0.1) is 11.3 Å². The molecule has 0 amide bonds. The number of carboxylic acid groups (broad SMARTS) is 1. The summed E-state index contributed by atoms with van der Waals surface area (Å²) in [6, 6.07) is 18.6. The summed E-state index contributed by atoms with van der Waals surface area (Å²) in [6.45, 7) is 11.0. The van der Waals surface area contributed by atoms with E-state index < -0.39 is 23.8 Å². The van der Waals surface area contributed by atoms with Gasteiger partial charge in [-0.3, -0.25) is 9.69 Å². The fraction of sp³-hybridized carbons (Fsp3) is 0.361. The highest BCUT2D eigenvalue weighted by Gasteiger charge is 2.30. The summed E-state index contributed by atoms with van der Waals surface area (Å²) in [4.78, 5) is 34.7. The van der Waals surface area contributed by atoms with Crippen molar-refractivity contribution in [3.63, 3.8) is 0 Å². The molecule has 1 fully saturated rings. The number of halogens is 3. The lowest BCUT2D eigenvalue weighted by atomic mass is 10.0. The molecular formula is C36H38F3N3O4S2. The van der Waals surface area contributed by atoms with Gasteiger partial charge in [-0.15, -0.1) is 23.1 Å². The molecule has 1 aliphatic heterocycles. The average Bonchev–Trinajstić information content (AvgIpc) is 3.46. The Morgan fingerprint density at radius 1 is 0.979 bits per heavy atom. The molecule has 0 bridgehead atoms. The van der Waals surface area contributed by atoms with Gasteiger partial charge in [0.2, 0.25) is 0 Å². The van der Waals surface area contributed by atoms with Crippen LogP contribution in [0.25, 0.3) is 10.6 Å². The van der Waals surface area contributed by atoms with E-state index in [2.05, 4.69) is 9.80 Å². The Kier molecular flexibility index (Phi) is 11.2. The van der Waals surface area contributed by atoms with Gasteiger partial charge in [0.15, 0.2) is 11.9 Å². The summed E-state index contributed by atoms with van der Waals surface area (Å²) < 4.78 is 45.4. The van der Waals surface area contributed by atoms with E-state index in [1.807, 2.05) is 56.3 Å². The summed E-state index contributed by atoms with van der Waals surface area (Å²) in [5.41, 5.74) is 3.52. The number of ether oxygens (including phenoxy) is 1. The van der Waals surface area contributed by atoms with Gasteiger partial charge < -0.3 is 14.7 Å². The lowest BCUT2D eigenvalue weighted by Gasteiger charge is -2.36. The predicted octanol–water partition coefficient (Wildman–Crippen LogP) is 8.62. The van der Waals surface area contributed by atoms with Gasteiger partial charge in [-0.1, -0.05) is 26.0 Å². The number of hydrogen-bond acceptors (Lipinski definition) is 8. The quantitative estimate of drug-likeness (QED) is 0.116. The van der Waals surface area contributed by atoms with Crippen LogP contribution in [-0.4, -0.2) is 59.0 Å². The Morgan fingerprint density at radius 3 is 2.23 bits per heavy atom. The third kappa shape index (κ3) is 8.77. The number of piperazine rings is 1. The van der Waals surface area contributed by atoms with Crippen LogP contribution in [0.2, 0.25) is 0 Å². The van der Waals surface area contributed by atoms with Crippen LogP contribution < -0.4 is 9.64 Å². The van der Waals surface area contributed by atoms with Crippen molar-refractivity contribution in [1.82, 2.24) is 9.88 Å². The third-order valence-corrected chi connectivity index (χ3v) is 10.6. The van der Waals surface area contributed by atoms with Crippen molar-refractivity contribution in [2.24, 2.45) is 0 Å². The van der Waals surface area contributed by atoms with Crippen molar-refractivity contribution in [1.29, 1.82) is 0 Å². The number of carbonyl (C=O) groups excluding carboxylic acids is 1. The molecule has 0 radical (unpaired) electrons. The average molecular weight is 698 g/mol. The van der Waals surface area contributed by atoms with Gasteiger partial charge in [-0.2, -0.15) is 13.2 Å². The second-order valence-electron chi connectivity index (χ2n) is 12.1. The number of thioether (sulfide) groups is 1. The third-order valence-electron chi connectivity index (χ3n) is 8.25. The van der Waals surface area contributed by atoms with Crippen LogP contribution in [0, 0.1) is 0 Å². The highest BCUT2D eigenvalue weighted by Crippen LogP contribution is 2.38. The van der Waals surface area contributed by atoms with Gasteiger partial charge in [0.25, 0.3) is 0 Å². The van der Waals surface area contributed by atoms with E-state index >= 15 is 0 Å². The molecule has 3 aromatic carbocycles. The molecular weight excluding hydrogens is 660 g/mol. The number of rotatable bonds is 12. The van der Waals surface area contributed by atoms with Crippen LogP contribution in [0.15, 0.2) is 71.6 Å². The molecule has 254 valence electrons. The Balaban J connectivity index is 1.34. The van der Waals surface area contributed by atoms with Crippen molar-refractivity contribution >= 4 is 40.5 Å². The lowest BCUT2D eigenvalue weighted by molar-refractivity contribution is -0.144. The van der Waals surface area contributed by atoms with Gasteiger partial charge in [0, 0.05) is 65.1 Å². The minimum absolute atomic E-state index is 0.0380. The van der Waals surface area contributed by atoms with E-state index in [0.717, 1.165) is 65.0 Å². The maximum atomic E-state index is 13.2. The standard InChI is InChI=1S/C36H38F3N3O4S2/c1-22(2)30-19-29(13-14-32(30)46-24(4)35(44)45)47-21-33-31(40-34(48-33)26-5-9-27(10-6-26)36(37,38)39)20-41-15-17-42(18-16-41)28-11-7-25(8-12-28)23(3)43/h5-14,19,22,24H,15-18,20-21H2,1-4H3,(H,44,45). The van der Waals surface area contributed by atoms with Gasteiger partial charge in [-0.05, 0) is 79.9 Å². The van der Waals surface area contributed by atoms with Gasteiger partial charge in [-0.25, -0.2) is 9.78 Å². The fourth-order valence-electron chi connectivity index (χ4n) is 5.39. The van der Waals surface area contributed by atoms with Crippen molar-refractivity contribution < 1.29 is 32.6 Å². The maximum Gasteiger partial charge on any atom is 0.416 e. The number of carbonyl (C=O) groups is 2. The molecule has 0 aliphatic carbocycles. The molecule has 0 saturated carbocycles. The molecule has 5 rings (SSSR count). The normalized spacial score (nSPS) is 14.7. The van der Waals surface area contributed by atoms with Crippen molar-refractivity contribution in [3.05, 3.63) is 94.0 Å². The van der Waals surface area contributed by atoms with E-state index in [4.69, 9.17) is 9.72 Å². The smallest absolute Gasteiger partial charge is 0.416 e. The van der Waals surface area contributed by atoms with Crippen LogP contribution in [0.4, 0.5) is 18.9 Å². The summed E-state index contributed by atoms with van der Waals surface area (Å²) in [7, 11) is 0. The first-order valence-electron chi connectivity index (χ1n) is 15.7. The zero-order chi connectivity index (χ0) is 34.6. The molecule has 4 aromatic rings. The van der Waals surface area contributed by atoms with Crippen molar-refractivity contribution in [2.75, 3.05) is 31.1 Å². The molecule has 1 atom stereocenters. The number of alkyl halides is 3. The first kappa shape index (κ1) is 35.4. The van der Waals surface area contributed by atoms with Gasteiger partial charge in [0.1, 0.15) is 10.8 Å². The minimum Gasteiger partial charge on any atom is -0.479 e. The van der Waals surface area contributed by atoms with E-state index in [9.17, 15) is 27.9 Å². The van der Waals surface area contributed by atoms with E-state index in [1.54, 1.807) is 18.7 Å². The molecule has 1 unspecified atom stereocenters. The number of aliphatic carboxylic acids is 1. The number of benzene rings is 3. The lowest BCUT2D eigenvalue weighted by Crippen LogP contribution is -2.46. The van der Waals surface area contributed by atoms with Crippen molar-refractivity contribution in [2.45, 2.75) is 63.1 Å². The molecule has 1 aromatic heterocycles. The summed E-state index contributed by atoms with van der Waals surface area (Å²) >= 11 is 3.12. The Morgan fingerprint density at radius 2 is 1.65 bits per heavy atom. The first-order chi connectivity index (χ1) is 22.8. The van der Waals surface area contributed by atoms with E-state index in [0.29, 0.717) is 34.2 Å². The number of ketones is 1. The monoisotopic (exact) mass is 697 g/mol. The zero-order valence-corrected chi connectivity index (χ0v) is 28.8. The second-order valence-corrected chi connectivity index (χ2v) is 14.2. The Labute approximate surface area is 286 Å². The Bertz CT molecular complexity index is 1730. The largest absolute Gasteiger partial charge is 0.479 e. The number of nitrogens with zero attached hydrogens (tertiary/aromatic N) is 3. The molecule has 1 saturated heterocycles. The van der Waals surface area contributed by atoms with Crippen molar-refractivity contribution in [3.8, 4) is 16.3 Å². The van der Waals surface area contributed by atoms with Gasteiger partial charge >= 0.3 is 12.1 Å². The number of thiazole rings is 1. The fourth-order valence-corrected chi connectivity index (χ4v) is 7.52. The number of hydrogen-bond donors (Lipinski definition) is 1. The highest BCUT2D eigenvalue weighted by molar-refractivity contribution is 7.98. The van der Waals surface area contributed by atoms with E-state index in [1.165, 1.54) is 30.4 Å². The highest BCUT2D eigenvalue weighted by atomic mass is 32.2. The van der Waals surface area contributed by atoms with Crippen LogP contribution in [-0.2, 0) is 23.3 Å². The molecule has 0 spiro atoms. The van der Waals surface area contributed by atoms with Crippen LogP contribution in [0.3, 0.4) is 0 Å². The predicted molar refractivity (Wildman–Crippen MR) is 184 cm³/mol. The molecule has 1 N–H and O–H groups in total. The van der Waals surface area contributed by atoms with Crippen LogP contribution in [0.5, 0.6) is 5.75 Å². The molecule has 2 heterocycles. The first-order valence-corrected chi connectivity index (χ1v) is 17.5. The number of carboxylic acids is 1. The summed E-state index contributed by atoms with van der Waals surface area (Å²) in [5.74, 6) is 0.267. The zero-order valence-electron chi connectivity index (χ0n) is 27.2. The van der Waals surface area contributed by atoms with Crippen LogP contribution in [0.1, 0.15) is 65.7 Å². The molecule has 48 heavy (non-hydrogen) atoms. The summed E-state index contributed by atoms with van der Waals surface area (Å²) in [6.07, 6.45) is -5.38. The maximum absolute atomic E-state index is 13.2. The molecule has 1 aliphatic rings. The number of aromatic nitrogens is 1. The molecule has 12 heteroatoms. The summed E-state index contributed by atoms with van der Waals surface area (Å²) in [5, 5.41) is 9.98. The second kappa shape index (κ2) is 15.1. The topological polar surface area (TPSA) is 83.0 Å². The number of Topliss-reactive ketones (excluding diaryl/α,β-unsaturated/α-hetero) is 1. The number of anilines is 1. The van der Waals surface area contributed by atoms with E-state index in [-0.39, 0.29) is 11.7 Å². The SMILES string of the molecule is CC(=O)c1ccc(N2CCN(Cc3nc(-c4ccc(C(F)(F)F)cc4)sc3CSc3ccc(OC(C)C(=O)O)c(C(C)C)c3)CC2)cc1. The van der Waals surface area contributed by atoms with Crippen LogP contribution >= 0.6 is 23.1 Å². The minimum atomic E-state index is -4.41. The Hall–Kier alpha value is -3.87. The molecule has 7 nitrogen and oxygen atoms in total.